The second-order valence-corrected chi connectivity index (χ2v) is 8.82. The van der Waals surface area contributed by atoms with Crippen molar-refractivity contribution in [2.45, 2.75) is 19.4 Å². The van der Waals surface area contributed by atoms with E-state index in [0.29, 0.717) is 59.9 Å². The van der Waals surface area contributed by atoms with Gasteiger partial charge < -0.3 is 23.5 Å². The summed E-state index contributed by atoms with van der Waals surface area (Å²) in [5.41, 5.74) is 2.32. The summed E-state index contributed by atoms with van der Waals surface area (Å²) in [6.45, 7) is 6.10. The zero-order chi connectivity index (χ0) is 24.5. The van der Waals surface area contributed by atoms with Crippen LogP contribution < -0.4 is 14.9 Å². The Bertz CT molecular complexity index is 1310. The van der Waals surface area contributed by atoms with Gasteiger partial charge in [0.15, 0.2) is 5.43 Å². The fraction of sp³-hybridized carbons (Fsp3) is 0.407. The highest BCUT2D eigenvalue weighted by molar-refractivity contribution is 5.99. The van der Waals surface area contributed by atoms with Crippen LogP contribution >= 0.6 is 0 Å². The van der Waals surface area contributed by atoms with E-state index in [1.807, 2.05) is 25.1 Å². The predicted molar refractivity (Wildman–Crippen MR) is 132 cm³/mol. The number of amides is 1. The number of hydrogen-bond acceptors (Lipinski definition) is 7. The van der Waals surface area contributed by atoms with Crippen molar-refractivity contribution in [3.05, 3.63) is 69.1 Å². The molecule has 2 aliphatic rings. The molecule has 35 heavy (non-hydrogen) atoms. The minimum atomic E-state index is -0.644. The molecule has 0 saturated carbocycles. The van der Waals surface area contributed by atoms with Crippen LogP contribution in [0.3, 0.4) is 0 Å². The lowest BCUT2D eigenvalue weighted by molar-refractivity contribution is 0.0314. The SMILES string of the molecule is CCc1ccc2oc3c(c(=O)c2c1)C(c1cc(OC)ccc1OC)N(CCN1CCOCC1)C3=O. The van der Waals surface area contributed by atoms with Crippen LogP contribution in [0.5, 0.6) is 11.5 Å². The lowest BCUT2D eigenvalue weighted by atomic mass is 9.96. The molecule has 1 aromatic heterocycles. The third-order valence-electron chi connectivity index (χ3n) is 6.93. The molecule has 8 heteroatoms. The highest BCUT2D eigenvalue weighted by Crippen LogP contribution is 2.42. The number of carbonyl (C=O) groups excluding carboxylic acids is 1. The van der Waals surface area contributed by atoms with Gasteiger partial charge in [-0.1, -0.05) is 13.0 Å². The molecule has 0 N–H and O–H groups in total. The van der Waals surface area contributed by atoms with E-state index >= 15 is 0 Å². The third kappa shape index (κ3) is 4.17. The van der Waals surface area contributed by atoms with Gasteiger partial charge in [-0.15, -0.1) is 0 Å². The number of carbonyl (C=O) groups is 1. The fourth-order valence-corrected chi connectivity index (χ4v) is 4.97. The first kappa shape index (κ1) is 23.4. The second kappa shape index (κ2) is 9.71. The number of benzene rings is 2. The molecule has 0 radical (unpaired) electrons. The number of methoxy groups -OCH3 is 2. The van der Waals surface area contributed by atoms with Crippen LogP contribution in [0, 0.1) is 0 Å². The number of aryl methyl sites for hydroxylation is 1. The second-order valence-electron chi connectivity index (χ2n) is 8.82. The van der Waals surface area contributed by atoms with Gasteiger partial charge in [-0.05, 0) is 42.3 Å². The minimum absolute atomic E-state index is 0.101. The number of morpholine rings is 1. The molecule has 184 valence electrons. The largest absolute Gasteiger partial charge is 0.497 e. The molecule has 1 fully saturated rings. The summed E-state index contributed by atoms with van der Waals surface area (Å²) in [6.07, 6.45) is 0.796. The maximum atomic E-state index is 13.9. The predicted octanol–water partition coefficient (Wildman–Crippen LogP) is 3.25. The van der Waals surface area contributed by atoms with Crippen molar-refractivity contribution in [3.63, 3.8) is 0 Å². The summed E-state index contributed by atoms with van der Waals surface area (Å²) in [6, 6.07) is 10.4. The quantitative estimate of drug-likeness (QED) is 0.516. The van der Waals surface area contributed by atoms with Crippen molar-refractivity contribution < 1.29 is 23.4 Å². The van der Waals surface area contributed by atoms with E-state index in [0.717, 1.165) is 25.1 Å². The van der Waals surface area contributed by atoms with E-state index in [4.69, 9.17) is 18.6 Å². The molecule has 2 aromatic carbocycles. The lowest BCUT2D eigenvalue weighted by Gasteiger charge is -2.31. The van der Waals surface area contributed by atoms with Crippen molar-refractivity contribution in [1.82, 2.24) is 9.80 Å². The molecule has 1 unspecified atom stereocenters. The number of nitrogens with zero attached hydrogens (tertiary/aromatic N) is 2. The summed E-state index contributed by atoms with van der Waals surface area (Å²) in [4.78, 5) is 31.6. The number of fused-ring (bicyclic) bond motifs is 2. The Kier molecular flexibility index (Phi) is 6.49. The van der Waals surface area contributed by atoms with Gasteiger partial charge in [-0.2, -0.15) is 0 Å². The molecule has 0 bridgehead atoms. The minimum Gasteiger partial charge on any atom is -0.497 e. The first-order valence-corrected chi connectivity index (χ1v) is 12.0. The molecule has 3 aromatic rings. The molecule has 1 amide bonds. The van der Waals surface area contributed by atoms with Gasteiger partial charge in [-0.25, -0.2) is 0 Å². The van der Waals surface area contributed by atoms with E-state index in [-0.39, 0.29) is 17.1 Å². The van der Waals surface area contributed by atoms with Crippen molar-refractivity contribution in [3.8, 4) is 11.5 Å². The molecule has 3 heterocycles. The van der Waals surface area contributed by atoms with Crippen LogP contribution in [0.25, 0.3) is 11.0 Å². The molecular formula is C27H30N2O6. The van der Waals surface area contributed by atoms with Crippen LogP contribution in [0.15, 0.2) is 45.6 Å². The number of hydrogen-bond donors (Lipinski definition) is 0. The van der Waals surface area contributed by atoms with Crippen LogP contribution in [0.1, 0.15) is 40.2 Å². The van der Waals surface area contributed by atoms with Crippen molar-refractivity contribution in [2.75, 3.05) is 53.6 Å². The molecule has 1 saturated heterocycles. The topological polar surface area (TPSA) is 81.5 Å². The molecule has 8 nitrogen and oxygen atoms in total. The molecule has 5 rings (SSSR count). The Labute approximate surface area is 204 Å². The van der Waals surface area contributed by atoms with Crippen molar-refractivity contribution in [2.24, 2.45) is 0 Å². The van der Waals surface area contributed by atoms with Crippen LogP contribution in [0.2, 0.25) is 0 Å². The monoisotopic (exact) mass is 478 g/mol. The van der Waals surface area contributed by atoms with Gasteiger partial charge in [0.1, 0.15) is 17.1 Å². The Morgan fingerprint density at radius 2 is 1.80 bits per heavy atom. The number of rotatable bonds is 7. The molecular weight excluding hydrogens is 448 g/mol. The lowest BCUT2D eigenvalue weighted by Crippen LogP contribution is -2.42. The first-order chi connectivity index (χ1) is 17.0. The van der Waals surface area contributed by atoms with Gasteiger partial charge in [0.05, 0.1) is 44.4 Å². The first-order valence-electron chi connectivity index (χ1n) is 12.0. The third-order valence-corrected chi connectivity index (χ3v) is 6.93. The molecule has 0 spiro atoms. The van der Waals surface area contributed by atoms with Crippen molar-refractivity contribution >= 4 is 16.9 Å². The molecule has 1 atom stereocenters. The van der Waals surface area contributed by atoms with E-state index in [9.17, 15) is 9.59 Å². The summed E-state index contributed by atoms with van der Waals surface area (Å²) < 4.78 is 22.7. The summed E-state index contributed by atoms with van der Waals surface area (Å²) in [5, 5.41) is 0.484. The van der Waals surface area contributed by atoms with E-state index in [1.165, 1.54) is 0 Å². The summed E-state index contributed by atoms with van der Waals surface area (Å²) in [7, 11) is 3.17. The highest BCUT2D eigenvalue weighted by atomic mass is 16.5. The number of ether oxygens (including phenoxy) is 3. The van der Waals surface area contributed by atoms with Crippen LogP contribution in [-0.2, 0) is 11.2 Å². The van der Waals surface area contributed by atoms with Crippen LogP contribution in [0.4, 0.5) is 0 Å². The van der Waals surface area contributed by atoms with Gasteiger partial charge in [0, 0.05) is 31.7 Å². The zero-order valence-electron chi connectivity index (χ0n) is 20.3. The summed E-state index contributed by atoms with van der Waals surface area (Å²) >= 11 is 0. The summed E-state index contributed by atoms with van der Waals surface area (Å²) in [5.74, 6) is 1.01. The van der Waals surface area contributed by atoms with Gasteiger partial charge in [0.2, 0.25) is 5.76 Å². The van der Waals surface area contributed by atoms with Gasteiger partial charge in [0.25, 0.3) is 5.91 Å². The Morgan fingerprint density at radius 1 is 1.00 bits per heavy atom. The van der Waals surface area contributed by atoms with E-state index in [2.05, 4.69) is 4.90 Å². The average molecular weight is 479 g/mol. The van der Waals surface area contributed by atoms with E-state index in [1.54, 1.807) is 37.3 Å². The van der Waals surface area contributed by atoms with E-state index < -0.39 is 6.04 Å². The van der Waals surface area contributed by atoms with Crippen LogP contribution in [-0.4, -0.2) is 69.3 Å². The fourth-order valence-electron chi connectivity index (χ4n) is 4.97. The zero-order valence-corrected chi connectivity index (χ0v) is 20.3. The Balaban J connectivity index is 1.66. The van der Waals surface area contributed by atoms with Gasteiger partial charge in [-0.3, -0.25) is 14.5 Å². The average Bonchev–Trinajstić information content (AvgIpc) is 3.18. The molecule has 0 aliphatic carbocycles. The Morgan fingerprint density at radius 3 is 2.51 bits per heavy atom. The van der Waals surface area contributed by atoms with Crippen molar-refractivity contribution in [1.29, 1.82) is 0 Å². The maximum absolute atomic E-state index is 13.9. The normalized spacial score (nSPS) is 18.2. The van der Waals surface area contributed by atoms with Gasteiger partial charge >= 0.3 is 0 Å². The maximum Gasteiger partial charge on any atom is 0.290 e. The Hall–Kier alpha value is -3.36. The highest BCUT2D eigenvalue weighted by Gasteiger charge is 2.44. The molecule has 2 aliphatic heterocycles. The standard InChI is InChI=1S/C27H30N2O6/c1-4-17-5-7-22-20(15-17)25(30)23-24(19-16-18(32-2)6-8-21(19)33-3)29(27(31)26(23)35-22)10-9-28-11-13-34-14-12-28/h5-8,15-16,24H,4,9-14H2,1-3H3. The smallest absolute Gasteiger partial charge is 0.290 e.